The van der Waals surface area contributed by atoms with Gasteiger partial charge in [-0.15, -0.1) is 0 Å². The summed E-state index contributed by atoms with van der Waals surface area (Å²) < 4.78 is 1.59. The first-order valence-corrected chi connectivity index (χ1v) is 4.75. The quantitative estimate of drug-likeness (QED) is 0.806. The molecule has 2 rings (SSSR count). The van der Waals surface area contributed by atoms with E-state index in [1.54, 1.807) is 43.3 Å². The van der Waals surface area contributed by atoms with E-state index < -0.39 is 0 Å². The minimum atomic E-state index is -0.253. The van der Waals surface area contributed by atoms with E-state index in [1.807, 2.05) is 0 Å². The van der Waals surface area contributed by atoms with Gasteiger partial charge in [0.2, 0.25) is 5.95 Å². The van der Waals surface area contributed by atoms with Gasteiger partial charge in [0, 0.05) is 25.6 Å². The summed E-state index contributed by atoms with van der Waals surface area (Å²) in [6, 6.07) is 1.69. The monoisotopic (exact) mass is 217 g/mol. The summed E-state index contributed by atoms with van der Waals surface area (Å²) in [7, 11) is 1.77. The van der Waals surface area contributed by atoms with Crippen molar-refractivity contribution in [2.24, 2.45) is 7.05 Å². The smallest absolute Gasteiger partial charge is 0.261 e. The molecule has 0 aromatic carbocycles. The number of aromatic nitrogens is 4. The highest BCUT2D eigenvalue weighted by Crippen LogP contribution is 2.06. The second-order valence-electron chi connectivity index (χ2n) is 3.33. The summed E-state index contributed by atoms with van der Waals surface area (Å²) in [6.07, 6.45) is 4.80. The highest BCUT2D eigenvalue weighted by atomic mass is 16.1. The Morgan fingerprint density at radius 1 is 1.38 bits per heavy atom. The molecule has 82 valence electrons. The average Bonchev–Trinajstić information content (AvgIpc) is 2.59. The minimum absolute atomic E-state index is 0.253. The molecule has 2 heterocycles. The van der Waals surface area contributed by atoms with Gasteiger partial charge in [0.1, 0.15) is 0 Å². The molecule has 0 aliphatic carbocycles. The zero-order chi connectivity index (χ0) is 11.5. The van der Waals surface area contributed by atoms with Crippen LogP contribution < -0.4 is 5.32 Å². The molecule has 0 spiro atoms. The molecule has 0 saturated heterocycles. The zero-order valence-corrected chi connectivity index (χ0v) is 9.01. The van der Waals surface area contributed by atoms with Crippen LogP contribution in [0.5, 0.6) is 0 Å². The van der Waals surface area contributed by atoms with Crippen molar-refractivity contribution in [3.8, 4) is 0 Å². The number of amides is 1. The number of aryl methyl sites for hydroxylation is 2. The van der Waals surface area contributed by atoms with Crippen molar-refractivity contribution >= 4 is 11.9 Å². The number of carbonyl (C=O) groups excluding carboxylic acids is 1. The van der Waals surface area contributed by atoms with Crippen LogP contribution in [0, 0.1) is 6.92 Å². The van der Waals surface area contributed by atoms with Gasteiger partial charge in [0.15, 0.2) is 0 Å². The van der Waals surface area contributed by atoms with Crippen molar-refractivity contribution in [1.29, 1.82) is 0 Å². The summed E-state index contributed by atoms with van der Waals surface area (Å²) >= 11 is 0. The van der Waals surface area contributed by atoms with Gasteiger partial charge in [-0.05, 0) is 13.0 Å². The van der Waals surface area contributed by atoms with Crippen molar-refractivity contribution in [2.45, 2.75) is 6.92 Å². The number of rotatable bonds is 2. The first kappa shape index (κ1) is 10.3. The van der Waals surface area contributed by atoms with Gasteiger partial charge in [-0.2, -0.15) is 5.10 Å². The van der Waals surface area contributed by atoms with Crippen molar-refractivity contribution in [1.82, 2.24) is 19.7 Å². The average molecular weight is 217 g/mol. The highest BCUT2D eigenvalue weighted by Gasteiger charge is 2.13. The number of hydrogen-bond donors (Lipinski definition) is 1. The fourth-order valence-electron chi connectivity index (χ4n) is 1.36. The van der Waals surface area contributed by atoms with Gasteiger partial charge in [-0.25, -0.2) is 9.97 Å². The number of hydrogen-bond acceptors (Lipinski definition) is 4. The van der Waals surface area contributed by atoms with Crippen molar-refractivity contribution in [3.05, 3.63) is 35.9 Å². The Labute approximate surface area is 92.3 Å². The molecule has 0 saturated carbocycles. The van der Waals surface area contributed by atoms with Gasteiger partial charge >= 0.3 is 0 Å². The first-order valence-electron chi connectivity index (χ1n) is 4.75. The van der Waals surface area contributed by atoms with E-state index in [4.69, 9.17) is 0 Å². The van der Waals surface area contributed by atoms with Gasteiger partial charge in [-0.3, -0.25) is 14.8 Å². The third-order valence-corrected chi connectivity index (χ3v) is 2.05. The predicted octanol–water partition coefficient (Wildman–Crippen LogP) is 0.771. The van der Waals surface area contributed by atoms with Crippen LogP contribution in [0.2, 0.25) is 0 Å². The third kappa shape index (κ3) is 2.05. The molecule has 0 unspecified atom stereocenters. The Balaban J connectivity index is 2.18. The van der Waals surface area contributed by atoms with Crippen molar-refractivity contribution in [2.75, 3.05) is 5.32 Å². The molecule has 0 fully saturated rings. The normalized spacial score (nSPS) is 10.1. The lowest BCUT2D eigenvalue weighted by molar-refractivity contribution is 0.102. The fourth-order valence-corrected chi connectivity index (χ4v) is 1.36. The predicted molar refractivity (Wildman–Crippen MR) is 57.9 cm³/mol. The van der Waals surface area contributed by atoms with Crippen LogP contribution >= 0.6 is 0 Å². The third-order valence-electron chi connectivity index (χ3n) is 2.05. The maximum absolute atomic E-state index is 11.8. The van der Waals surface area contributed by atoms with Crippen LogP contribution in [0.1, 0.15) is 16.1 Å². The molecule has 1 N–H and O–H groups in total. The Morgan fingerprint density at radius 2 is 2.06 bits per heavy atom. The summed E-state index contributed by atoms with van der Waals surface area (Å²) in [5.74, 6) is 0.0348. The van der Waals surface area contributed by atoms with Crippen LogP contribution in [-0.2, 0) is 7.05 Å². The van der Waals surface area contributed by atoms with E-state index in [0.29, 0.717) is 11.3 Å². The molecule has 1 amide bonds. The van der Waals surface area contributed by atoms with Gasteiger partial charge in [-0.1, -0.05) is 0 Å². The highest BCUT2D eigenvalue weighted by molar-refractivity contribution is 6.03. The van der Waals surface area contributed by atoms with E-state index in [1.165, 1.54) is 0 Å². The lowest BCUT2D eigenvalue weighted by atomic mass is 10.2. The van der Waals surface area contributed by atoms with E-state index in [9.17, 15) is 4.79 Å². The molecule has 0 bridgehead atoms. The Bertz CT molecular complexity index is 505. The van der Waals surface area contributed by atoms with E-state index >= 15 is 0 Å². The summed E-state index contributed by atoms with van der Waals surface area (Å²) in [5.41, 5.74) is 1.20. The van der Waals surface area contributed by atoms with Gasteiger partial charge < -0.3 is 0 Å². The molecular weight excluding hydrogens is 206 g/mol. The van der Waals surface area contributed by atoms with Crippen LogP contribution in [-0.4, -0.2) is 25.7 Å². The first-order chi connectivity index (χ1) is 7.66. The number of carbonyl (C=O) groups is 1. The van der Waals surface area contributed by atoms with Gasteiger partial charge in [0.05, 0.1) is 11.3 Å². The summed E-state index contributed by atoms with van der Waals surface area (Å²) in [5, 5.41) is 6.69. The van der Waals surface area contributed by atoms with E-state index in [-0.39, 0.29) is 11.9 Å². The van der Waals surface area contributed by atoms with E-state index in [2.05, 4.69) is 20.4 Å². The van der Waals surface area contributed by atoms with Crippen LogP contribution in [0.25, 0.3) is 0 Å². The molecule has 6 nitrogen and oxygen atoms in total. The maximum Gasteiger partial charge on any atom is 0.261 e. The number of anilines is 1. The fraction of sp³-hybridized carbons (Fsp3) is 0.200. The molecule has 6 heteroatoms. The minimum Gasteiger partial charge on any atom is -0.290 e. The largest absolute Gasteiger partial charge is 0.290 e. The Morgan fingerprint density at radius 3 is 2.62 bits per heavy atom. The second kappa shape index (κ2) is 4.09. The zero-order valence-electron chi connectivity index (χ0n) is 9.01. The molecule has 0 aliphatic rings. The molecule has 0 atom stereocenters. The molecule has 0 aliphatic heterocycles. The molecular formula is C10H11N5O. The van der Waals surface area contributed by atoms with Crippen molar-refractivity contribution < 1.29 is 4.79 Å². The van der Waals surface area contributed by atoms with Crippen LogP contribution in [0.3, 0.4) is 0 Å². The maximum atomic E-state index is 11.8. The SMILES string of the molecule is Cc1nn(C)cc1C(=O)Nc1ncccn1. The Hall–Kier alpha value is -2.24. The number of nitrogens with zero attached hydrogens (tertiary/aromatic N) is 4. The summed E-state index contributed by atoms with van der Waals surface area (Å²) in [4.78, 5) is 19.6. The Kier molecular flexibility index (Phi) is 2.63. The topological polar surface area (TPSA) is 72.7 Å². The standard InChI is InChI=1S/C10H11N5O/c1-7-8(6-15(2)14-7)9(16)13-10-11-4-3-5-12-10/h3-6H,1-2H3,(H,11,12,13,16). The number of nitrogens with one attached hydrogen (secondary N) is 1. The van der Waals surface area contributed by atoms with Gasteiger partial charge in [0.25, 0.3) is 5.91 Å². The second-order valence-corrected chi connectivity index (χ2v) is 3.33. The summed E-state index contributed by atoms with van der Waals surface area (Å²) in [6.45, 7) is 1.78. The molecule has 0 radical (unpaired) electrons. The van der Waals surface area contributed by atoms with Crippen molar-refractivity contribution in [3.63, 3.8) is 0 Å². The molecule has 2 aromatic rings. The van der Waals surface area contributed by atoms with Crippen LogP contribution in [0.15, 0.2) is 24.7 Å². The molecule has 2 aromatic heterocycles. The lowest BCUT2D eigenvalue weighted by Crippen LogP contribution is -2.14. The lowest BCUT2D eigenvalue weighted by Gasteiger charge is -2.00. The van der Waals surface area contributed by atoms with E-state index in [0.717, 1.165) is 0 Å². The van der Waals surface area contributed by atoms with Crippen LogP contribution in [0.4, 0.5) is 5.95 Å². The molecule has 16 heavy (non-hydrogen) atoms.